The van der Waals surface area contributed by atoms with Crippen molar-refractivity contribution in [3.63, 3.8) is 0 Å². The molecule has 0 aromatic heterocycles. The molecule has 0 saturated heterocycles. The van der Waals surface area contributed by atoms with Gasteiger partial charge in [0.15, 0.2) is 0 Å². The Kier molecular flexibility index (Phi) is 4.75. The van der Waals surface area contributed by atoms with Gasteiger partial charge < -0.3 is 9.64 Å². The summed E-state index contributed by atoms with van der Waals surface area (Å²) in [7, 11) is 0. The lowest BCUT2D eigenvalue weighted by atomic mass is 9.33. The Morgan fingerprint density at radius 1 is 0.861 bits per heavy atom. The summed E-state index contributed by atoms with van der Waals surface area (Å²) in [6.45, 7) is 6.94. The van der Waals surface area contributed by atoms with Gasteiger partial charge in [-0.3, -0.25) is 0 Å². The van der Waals surface area contributed by atoms with Crippen LogP contribution in [0, 0.1) is 19.8 Å². The topological polar surface area (TPSA) is 12.5 Å². The Bertz CT molecular complexity index is 1580. The minimum atomic E-state index is 0.130. The van der Waals surface area contributed by atoms with Gasteiger partial charge in [-0.05, 0) is 78.1 Å². The van der Waals surface area contributed by atoms with Gasteiger partial charge in [-0.2, -0.15) is 0 Å². The number of benzene rings is 4. The molecule has 0 fully saturated rings. The fourth-order valence-electron chi connectivity index (χ4n) is 6.35. The fraction of sp³-hybridized carbons (Fsp3) is 0.152. The van der Waals surface area contributed by atoms with E-state index in [1.165, 1.54) is 50.2 Å². The van der Waals surface area contributed by atoms with E-state index >= 15 is 0 Å². The summed E-state index contributed by atoms with van der Waals surface area (Å²) < 4.78 is 6.79. The van der Waals surface area contributed by atoms with Crippen molar-refractivity contribution < 1.29 is 4.74 Å². The molecule has 0 radical (unpaired) electrons. The van der Waals surface area contributed by atoms with Gasteiger partial charge in [0.25, 0.3) is 6.71 Å². The molecule has 4 aromatic carbocycles. The Morgan fingerprint density at radius 3 is 2.50 bits per heavy atom. The van der Waals surface area contributed by atoms with Crippen molar-refractivity contribution in [2.45, 2.75) is 27.2 Å². The van der Waals surface area contributed by atoms with E-state index in [1.54, 1.807) is 0 Å². The molecule has 174 valence electrons. The molecule has 3 aliphatic rings. The maximum Gasteiger partial charge on any atom is 0.256 e. The van der Waals surface area contributed by atoms with Crippen LogP contribution < -0.4 is 26.0 Å². The predicted molar refractivity (Wildman–Crippen MR) is 152 cm³/mol. The fourth-order valence-corrected chi connectivity index (χ4v) is 6.35. The zero-order chi connectivity index (χ0) is 24.4. The lowest BCUT2D eigenvalue weighted by Gasteiger charge is -2.43. The molecule has 0 N–H and O–H groups in total. The summed E-state index contributed by atoms with van der Waals surface area (Å²) in [5.74, 6) is 2.37. The monoisotopic (exact) mass is 465 g/mol. The quantitative estimate of drug-likeness (QED) is 0.275. The Balaban J connectivity index is 1.60. The molecule has 4 aromatic rings. The number of hydrogen-bond acceptors (Lipinski definition) is 2. The number of ether oxygens (including phenoxy) is 1. The number of allylic oxidation sites excluding steroid dienone is 4. The van der Waals surface area contributed by atoms with Crippen molar-refractivity contribution in [1.82, 2.24) is 0 Å². The number of aryl methyl sites for hydroxylation is 2. The largest absolute Gasteiger partial charge is 0.458 e. The Morgan fingerprint density at radius 2 is 1.67 bits per heavy atom. The molecule has 1 unspecified atom stereocenters. The van der Waals surface area contributed by atoms with Gasteiger partial charge >= 0.3 is 0 Å². The SMILES string of the molecule is Cc1cc(C)c2c(c1)N(C1=CC=CCC1C)c1ccc(-c3ccccc3)c3c1B2c1ccccc1O3. The molecular formula is C33H28BNO. The van der Waals surface area contributed by atoms with E-state index in [2.05, 4.69) is 123 Å². The van der Waals surface area contributed by atoms with Gasteiger partial charge in [-0.25, -0.2) is 0 Å². The second-order valence-electron chi connectivity index (χ2n) is 10.3. The summed E-state index contributed by atoms with van der Waals surface area (Å²) >= 11 is 0. The van der Waals surface area contributed by atoms with Crippen LogP contribution in [0.1, 0.15) is 24.5 Å². The highest BCUT2D eigenvalue weighted by atomic mass is 16.5. The maximum absolute atomic E-state index is 6.79. The summed E-state index contributed by atoms with van der Waals surface area (Å²) in [6, 6.07) is 28.5. The van der Waals surface area contributed by atoms with E-state index in [4.69, 9.17) is 4.74 Å². The van der Waals surface area contributed by atoms with E-state index in [1.807, 2.05) is 0 Å². The van der Waals surface area contributed by atoms with Crippen LogP contribution in [0.15, 0.2) is 103 Å². The minimum Gasteiger partial charge on any atom is -0.458 e. The number of anilines is 2. The molecule has 0 amide bonds. The Labute approximate surface area is 213 Å². The average molecular weight is 465 g/mol. The number of rotatable bonds is 2. The van der Waals surface area contributed by atoms with Crippen LogP contribution in [0.4, 0.5) is 11.4 Å². The lowest BCUT2D eigenvalue weighted by molar-refractivity contribution is 0.489. The third-order valence-corrected chi connectivity index (χ3v) is 7.92. The maximum atomic E-state index is 6.79. The van der Waals surface area contributed by atoms with Crippen molar-refractivity contribution in [1.29, 1.82) is 0 Å². The first-order chi connectivity index (χ1) is 17.6. The standard InChI is InChI=1S/C33H28BNO/c1-21-19-23(3)31-29(20-21)35(27-15-9-7-11-22(27)2)28-18-17-25(24-12-5-4-6-13-24)33-32(28)34(31)26-14-8-10-16-30(26)36-33/h4-10,12-20,22H,11H2,1-3H3. The third kappa shape index (κ3) is 3.05. The smallest absolute Gasteiger partial charge is 0.256 e. The second-order valence-corrected chi connectivity index (χ2v) is 10.3. The van der Waals surface area contributed by atoms with Gasteiger partial charge in [0.1, 0.15) is 11.5 Å². The van der Waals surface area contributed by atoms with Crippen LogP contribution in [0.5, 0.6) is 11.5 Å². The van der Waals surface area contributed by atoms with Gasteiger partial charge in [0, 0.05) is 28.6 Å². The number of nitrogens with zero attached hydrogens (tertiary/aromatic N) is 1. The van der Waals surface area contributed by atoms with Gasteiger partial charge in [-0.15, -0.1) is 0 Å². The summed E-state index contributed by atoms with van der Waals surface area (Å²) in [5, 5.41) is 0. The number of hydrogen-bond donors (Lipinski definition) is 0. The van der Waals surface area contributed by atoms with Crippen molar-refractivity contribution >= 4 is 34.5 Å². The number of para-hydroxylation sites is 1. The highest BCUT2D eigenvalue weighted by Gasteiger charge is 2.44. The van der Waals surface area contributed by atoms with Crippen molar-refractivity contribution in [2.75, 3.05) is 4.90 Å². The average Bonchev–Trinajstić information content (AvgIpc) is 2.89. The van der Waals surface area contributed by atoms with Crippen molar-refractivity contribution in [2.24, 2.45) is 5.92 Å². The molecule has 36 heavy (non-hydrogen) atoms. The first-order valence-electron chi connectivity index (χ1n) is 12.9. The Hall–Kier alpha value is -3.98. The highest BCUT2D eigenvalue weighted by molar-refractivity contribution is 6.99. The molecule has 0 saturated carbocycles. The zero-order valence-electron chi connectivity index (χ0n) is 21.0. The lowest BCUT2D eigenvalue weighted by Crippen LogP contribution is -2.61. The van der Waals surface area contributed by atoms with Crippen molar-refractivity contribution in [3.8, 4) is 22.6 Å². The summed E-state index contributed by atoms with van der Waals surface area (Å²) in [4.78, 5) is 2.52. The molecular weight excluding hydrogens is 437 g/mol. The second kappa shape index (κ2) is 8.03. The zero-order valence-corrected chi connectivity index (χ0v) is 21.0. The van der Waals surface area contributed by atoms with E-state index < -0.39 is 0 Å². The van der Waals surface area contributed by atoms with Gasteiger partial charge in [-0.1, -0.05) is 79.2 Å². The van der Waals surface area contributed by atoms with E-state index in [0.717, 1.165) is 23.5 Å². The highest BCUT2D eigenvalue weighted by Crippen LogP contribution is 2.44. The molecule has 3 heteroatoms. The van der Waals surface area contributed by atoms with Crippen LogP contribution in [0.3, 0.4) is 0 Å². The first kappa shape index (κ1) is 21.3. The van der Waals surface area contributed by atoms with Gasteiger partial charge in [0.05, 0.1) is 0 Å². The molecule has 1 atom stereocenters. The van der Waals surface area contributed by atoms with E-state index in [9.17, 15) is 0 Å². The van der Waals surface area contributed by atoms with Crippen LogP contribution in [-0.4, -0.2) is 6.71 Å². The first-order valence-corrected chi connectivity index (χ1v) is 12.9. The molecule has 1 aliphatic carbocycles. The molecule has 2 nitrogen and oxygen atoms in total. The third-order valence-electron chi connectivity index (χ3n) is 7.92. The minimum absolute atomic E-state index is 0.130. The van der Waals surface area contributed by atoms with Crippen LogP contribution in [-0.2, 0) is 0 Å². The summed E-state index contributed by atoms with van der Waals surface area (Å²) in [6.07, 6.45) is 7.83. The van der Waals surface area contributed by atoms with Crippen LogP contribution >= 0.6 is 0 Å². The van der Waals surface area contributed by atoms with Crippen LogP contribution in [0.25, 0.3) is 11.1 Å². The van der Waals surface area contributed by atoms with Crippen molar-refractivity contribution in [3.05, 3.63) is 114 Å². The molecule has 7 rings (SSSR count). The molecule has 0 spiro atoms. The van der Waals surface area contributed by atoms with E-state index in [0.29, 0.717) is 5.92 Å². The molecule has 2 aliphatic heterocycles. The molecule has 0 bridgehead atoms. The van der Waals surface area contributed by atoms with Gasteiger partial charge in [0.2, 0.25) is 0 Å². The normalized spacial score (nSPS) is 17.1. The predicted octanol–water partition coefficient (Wildman–Crippen LogP) is 6.52. The van der Waals surface area contributed by atoms with E-state index in [-0.39, 0.29) is 6.71 Å². The van der Waals surface area contributed by atoms with Crippen LogP contribution in [0.2, 0.25) is 0 Å². The number of fused-ring (bicyclic) bond motifs is 4. The summed E-state index contributed by atoms with van der Waals surface area (Å²) in [5.41, 5.74) is 12.7. The molecule has 2 heterocycles.